The van der Waals surface area contributed by atoms with Gasteiger partial charge < -0.3 is 24.3 Å². The lowest BCUT2D eigenvalue weighted by Crippen LogP contribution is -2.28. The first kappa shape index (κ1) is 19.9. The third-order valence-corrected chi connectivity index (χ3v) is 4.06. The van der Waals surface area contributed by atoms with Gasteiger partial charge in [0.25, 0.3) is 11.6 Å². The molecule has 1 amide bonds. The van der Waals surface area contributed by atoms with Crippen LogP contribution in [0.25, 0.3) is 0 Å². The Hall–Kier alpha value is -3.82. The molecule has 0 atom stereocenters. The van der Waals surface area contributed by atoms with Gasteiger partial charge in [0.05, 0.1) is 18.1 Å². The minimum absolute atomic E-state index is 0.178. The maximum Gasteiger partial charge on any atom is 0.345 e. The largest absolute Gasteiger partial charge is 0.497 e. The first-order chi connectivity index (χ1) is 14.0. The summed E-state index contributed by atoms with van der Waals surface area (Å²) in [6.45, 7) is 0.153. The number of benzene rings is 2. The number of nitro benzene ring substituents is 1. The van der Waals surface area contributed by atoms with Gasteiger partial charge in [0.15, 0.2) is 18.1 Å². The van der Waals surface area contributed by atoms with Crippen molar-refractivity contribution in [3.8, 4) is 17.2 Å². The number of carbonyl (C=O) groups is 2. The minimum Gasteiger partial charge on any atom is -0.497 e. The number of esters is 1. The van der Waals surface area contributed by atoms with Gasteiger partial charge in [-0.1, -0.05) is 12.1 Å². The number of hydrogen-bond acceptors (Lipinski definition) is 8. The van der Waals surface area contributed by atoms with Gasteiger partial charge in [-0.2, -0.15) is 0 Å². The summed E-state index contributed by atoms with van der Waals surface area (Å²) in [5.41, 5.74) is 0.0213. The van der Waals surface area contributed by atoms with Crippen molar-refractivity contribution in [1.82, 2.24) is 5.32 Å². The van der Waals surface area contributed by atoms with Crippen LogP contribution in [0.15, 0.2) is 36.4 Å². The summed E-state index contributed by atoms with van der Waals surface area (Å²) in [5.74, 6) is -0.479. The Morgan fingerprint density at radius 2 is 1.79 bits per heavy atom. The molecule has 152 valence electrons. The van der Waals surface area contributed by atoms with E-state index in [1.807, 2.05) is 0 Å². The van der Waals surface area contributed by atoms with E-state index in [4.69, 9.17) is 18.9 Å². The molecule has 1 heterocycles. The van der Waals surface area contributed by atoms with Crippen molar-refractivity contribution >= 4 is 17.6 Å². The molecular formula is C19H18N2O8. The van der Waals surface area contributed by atoms with Crippen LogP contribution in [0.3, 0.4) is 0 Å². The van der Waals surface area contributed by atoms with E-state index < -0.39 is 29.1 Å². The molecule has 0 fully saturated rings. The number of methoxy groups -OCH3 is 1. The molecule has 2 aromatic carbocycles. The molecule has 1 N–H and O–H groups in total. The van der Waals surface area contributed by atoms with Crippen LogP contribution in [0.1, 0.15) is 15.9 Å². The van der Waals surface area contributed by atoms with Crippen molar-refractivity contribution in [2.45, 2.75) is 6.54 Å². The molecule has 0 saturated carbocycles. The van der Waals surface area contributed by atoms with E-state index in [9.17, 15) is 19.7 Å². The molecule has 10 heteroatoms. The molecule has 1 aliphatic heterocycles. The minimum atomic E-state index is -1.01. The van der Waals surface area contributed by atoms with E-state index in [0.717, 1.165) is 11.6 Å². The zero-order valence-corrected chi connectivity index (χ0v) is 15.5. The molecule has 0 unspecified atom stereocenters. The van der Waals surface area contributed by atoms with Gasteiger partial charge in [-0.05, 0) is 17.7 Å². The molecule has 2 aromatic rings. The summed E-state index contributed by atoms with van der Waals surface area (Å²) >= 11 is 0. The number of carbonyl (C=O) groups excluding carboxylic acids is 2. The van der Waals surface area contributed by atoms with Crippen molar-refractivity contribution in [3.63, 3.8) is 0 Å². The van der Waals surface area contributed by atoms with Crippen molar-refractivity contribution in [3.05, 3.63) is 57.6 Å². The lowest BCUT2D eigenvalue weighted by molar-refractivity contribution is -0.385. The summed E-state index contributed by atoms with van der Waals surface area (Å²) in [5, 5.41) is 13.9. The molecule has 3 rings (SSSR count). The predicted octanol–water partition coefficient (Wildman–Crippen LogP) is 1.85. The van der Waals surface area contributed by atoms with Crippen LogP contribution in [-0.2, 0) is 16.1 Å². The van der Waals surface area contributed by atoms with Crippen molar-refractivity contribution in [2.24, 2.45) is 0 Å². The Labute approximate surface area is 165 Å². The fraction of sp³-hybridized carbons (Fsp3) is 0.263. The molecule has 10 nitrogen and oxygen atoms in total. The second kappa shape index (κ2) is 8.91. The Balaban J connectivity index is 1.59. The van der Waals surface area contributed by atoms with Crippen LogP contribution in [0.4, 0.5) is 5.69 Å². The van der Waals surface area contributed by atoms with Crippen LogP contribution in [0, 0.1) is 10.1 Å². The number of ether oxygens (including phenoxy) is 4. The third-order valence-electron chi connectivity index (χ3n) is 4.06. The van der Waals surface area contributed by atoms with Gasteiger partial charge in [0, 0.05) is 12.6 Å². The first-order valence-corrected chi connectivity index (χ1v) is 8.62. The lowest BCUT2D eigenvalue weighted by Gasteiger charge is -2.18. The summed E-state index contributed by atoms with van der Waals surface area (Å²) in [7, 11) is 1.55. The first-order valence-electron chi connectivity index (χ1n) is 8.62. The van der Waals surface area contributed by atoms with Crippen molar-refractivity contribution < 1.29 is 33.5 Å². The van der Waals surface area contributed by atoms with Gasteiger partial charge in [-0.3, -0.25) is 14.9 Å². The smallest absolute Gasteiger partial charge is 0.345 e. The lowest BCUT2D eigenvalue weighted by atomic mass is 10.1. The summed E-state index contributed by atoms with van der Waals surface area (Å²) in [6.07, 6.45) is 0. The number of rotatable bonds is 7. The van der Waals surface area contributed by atoms with Crippen molar-refractivity contribution in [1.29, 1.82) is 0 Å². The average Bonchev–Trinajstić information content (AvgIpc) is 2.75. The number of nitrogens with one attached hydrogen (secondary N) is 1. The topological polar surface area (TPSA) is 126 Å². The zero-order chi connectivity index (χ0) is 20.8. The molecule has 1 aliphatic rings. The molecule has 0 saturated heterocycles. The van der Waals surface area contributed by atoms with Gasteiger partial charge in [0.1, 0.15) is 24.5 Å². The van der Waals surface area contributed by atoms with E-state index in [1.54, 1.807) is 31.4 Å². The Kier molecular flexibility index (Phi) is 6.12. The van der Waals surface area contributed by atoms with Gasteiger partial charge in [-0.15, -0.1) is 0 Å². The zero-order valence-electron chi connectivity index (χ0n) is 15.5. The molecule has 0 radical (unpaired) electrons. The van der Waals surface area contributed by atoms with Gasteiger partial charge in [-0.25, -0.2) is 4.79 Å². The highest BCUT2D eigenvalue weighted by atomic mass is 16.6. The van der Waals surface area contributed by atoms with Crippen LogP contribution in [0.2, 0.25) is 0 Å². The molecule has 0 bridgehead atoms. The third kappa shape index (κ3) is 4.92. The molecule has 0 spiro atoms. The van der Waals surface area contributed by atoms with Crippen LogP contribution >= 0.6 is 0 Å². The number of amides is 1. The summed E-state index contributed by atoms with van der Waals surface area (Å²) in [4.78, 5) is 34.8. The van der Waals surface area contributed by atoms with E-state index in [1.165, 1.54) is 6.07 Å². The SMILES string of the molecule is COc1ccc(CNC(=O)COC(=O)c2cc3c(cc2[N+](=O)[O-])OCCO3)cc1. The number of fused-ring (bicyclic) bond motifs is 1. The highest BCUT2D eigenvalue weighted by Gasteiger charge is 2.27. The molecule has 0 aromatic heterocycles. The molecule has 0 aliphatic carbocycles. The van der Waals surface area contributed by atoms with E-state index in [2.05, 4.69) is 5.32 Å². The number of hydrogen-bond donors (Lipinski definition) is 1. The van der Waals surface area contributed by atoms with E-state index in [0.29, 0.717) is 5.75 Å². The van der Waals surface area contributed by atoms with Crippen LogP contribution in [0.5, 0.6) is 17.2 Å². The number of nitrogens with zero attached hydrogens (tertiary/aromatic N) is 1. The summed E-state index contributed by atoms with van der Waals surface area (Å²) in [6, 6.07) is 9.36. The Morgan fingerprint density at radius 1 is 1.14 bits per heavy atom. The maximum atomic E-state index is 12.3. The van der Waals surface area contributed by atoms with Crippen LogP contribution < -0.4 is 19.5 Å². The van der Waals surface area contributed by atoms with E-state index in [-0.39, 0.29) is 36.8 Å². The highest BCUT2D eigenvalue weighted by molar-refractivity contribution is 5.96. The van der Waals surface area contributed by atoms with Crippen molar-refractivity contribution in [2.75, 3.05) is 26.9 Å². The number of nitro groups is 1. The Morgan fingerprint density at radius 3 is 2.41 bits per heavy atom. The van der Waals surface area contributed by atoms with E-state index >= 15 is 0 Å². The van der Waals surface area contributed by atoms with Gasteiger partial charge >= 0.3 is 5.97 Å². The predicted molar refractivity (Wildman–Crippen MR) is 99.2 cm³/mol. The Bertz CT molecular complexity index is 927. The fourth-order valence-electron chi connectivity index (χ4n) is 2.60. The standard InChI is InChI=1S/C19H18N2O8/c1-26-13-4-2-12(3-5-13)10-20-18(22)11-29-19(23)14-8-16-17(28-7-6-27-16)9-15(14)21(24)25/h2-5,8-9H,6-7,10-11H2,1H3,(H,20,22). The average molecular weight is 402 g/mol. The molecule has 29 heavy (non-hydrogen) atoms. The van der Waals surface area contributed by atoms with Crippen LogP contribution in [-0.4, -0.2) is 43.7 Å². The fourth-order valence-corrected chi connectivity index (χ4v) is 2.60. The summed E-state index contributed by atoms with van der Waals surface area (Å²) < 4.78 is 20.6. The highest BCUT2D eigenvalue weighted by Crippen LogP contribution is 2.36. The maximum absolute atomic E-state index is 12.3. The normalized spacial score (nSPS) is 12.0. The quantitative estimate of drug-likeness (QED) is 0.422. The molecular weight excluding hydrogens is 384 g/mol. The monoisotopic (exact) mass is 402 g/mol. The van der Waals surface area contributed by atoms with Gasteiger partial charge in [0.2, 0.25) is 0 Å². The second-order valence-corrected chi connectivity index (χ2v) is 5.97. The second-order valence-electron chi connectivity index (χ2n) is 5.97.